The second-order valence-corrected chi connectivity index (χ2v) is 7.51. The van der Waals surface area contributed by atoms with Gasteiger partial charge in [0.1, 0.15) is 5.82 Å². The number of nitrogens with zero attached hydrogens (tertiary/aromatic N) is 3. The minimum absolute atomic E-state index is 0.0497. The van der Waals surface area contributed by atoms with E-state index in [-0.39, 0.29) is 17.2 Å². The van der Waals surface area contributed by atoms with Gasteiger partial charge >= 0.3 is 5.97 Å². The van der Waals surface area contributed by atoms with Crippen LogP contribution in [0.5, 0.6) is 0 Å². The molecule has 146 valence electrons. The number of fused-ring (bicyclic) bond motifs is 1. The first-order valence-corrected chi connectivity index (χ1v) is 9.40. The number of non-ortho nitro benzene ring substituents is 1. The molecule has 8 nitrogen and oxygen atoms in total. The molecule has 0 radical (unpaired) electrons. The van der Waals surface area contributed by atoms with Gasteiger partial charge in [0.05, 0.1) is 16.2 Å². The van der Waals surface area contributed by atoms with Gasteiger partial charge in [0.15, 0.2) is 0 Å². The van der Waals surface area contributed by atoms with Gasteiger partial charge in [-0.15, -0.1) is 0 Å². The standard InChI is InChI=1S/C20H22N4O4/c1-11-15(20(25)26)16(13-8-5-9-14(10-13)24(27)28)17-18(12-6-3-4-7-12)22-23(2)19(17)21-11/h5,8-10,12,16,21H,3-4,6-7H2,1-2H3,(H,25,26). The molecule has 2 heterocycles. The molecule has 2 N–H and O–H groups in total. The Morgan fingerprint density at radius 3 is 2.71 bits per heavy atom. The van der Waals surface area contributed by atoms with Crippen LogP contribution in [0, 0.1) is 10.1 Å². The van der Waals surface area contributed by atoms with E-state index < -0.39 is 16.8 Å². The molecule has 1 fully saturated rings. The largest absolute Gasteiger partial charge is 0.478 e. The van der Waals surface area contributed by atoms with Gasteiger partial charge in [-0.1, -0.05) is 25.0 Å². The quantitative estimate of drug-likeness (QED) is 0.613. The number of anilines is 1. The van der Waals surface area contributed by atoms with Crippen LogP contribution in [-0.2, 0) is 11.8 Å². The Morgan fingerprint density at radius 1 is 1.36 bits per heavy atom. The summed E-state index contributed by atoms with van der Waals surface area (Å²) in [5.41, 5.74) is 3.02. The third-order valence-electron chi connectivity index (χ3n) is 5.79. The van der Waals surface area contributed by atoms with Crippen molar-refractivity contribution in [3.05, 3.63) is 62.5 Å². The summed E-state index contributed by atoms with van der Waals surface area (Å²) in [5, 5.41) is 29.2. The zero-order chi connectivity index (χ0) is 20.0. The Morgan fingerprint density at radius 2 is 2.07 bits per heavy atom. The third-order valence-corrected chi connectivity index (χ3v) is 5.79. The molecule has 1 aliphatic carbocycles. The molecule has 1 aromatic carbocycles. The van der Waals surface area contributed by atoms with Crippen LogP contribution < -0.4 is 5.32 Å². The number of aliphatic carboxylic acids is 1. The van der Waals surface area contributed by atoms with Gasteiger partial charge in [0, 0.05) is 42.3 Å². The number of carbonyl (C=O) groups is 1. The first kappa shape index (κ1) is 18.2. The molecular weight excluding hydrogens is 360 g/mol. The monoisotopic (exact) mass is 382 g/mol. The maximum absolute atomic E-state index is 12.2. The highest BCUT2D eigenvalue weighted by molar-refractivity contribution is 5.93. The van der Waals surface area contributed by atoms with E-state index in [9.17, 15) is 20.0 Å². The van der Waals surface area contributed by atoms with Crippen molar-refractivity contribution in [3.63, 3.8) is 0 Å². The lowest BCUT2D eigenvalue weighted by atomic mass is 9.79. The molecule has 2 aromatic rings. The van der Waals surface area contributed by atoms with E-state index in [4.69, 9.17) is 5.10 Å². The number of nitro benzene ring substituents is 1. The number of rotatable bonds is 4. The van der Waals surface area contributed by atoms with E-state index in [0.717, 1.165) is 42.8 Å². The Hall–Kier alpha value is -3.16. The fourth-order valence-corrected chi connectivity index (χ4v) is 4.54. The number of hydrogen-bond acceptors (Lipinski definition) is 5. The van der Waals surface area contributed by atoms with Crippen molar-refractivity contribution in [1.29, 1.82) is 0 Å². The SMILES string of the molecule is CC1=C(C(=O)O)C(c2cccc([N+](=O)[O-])c2)c2c(C3CCCC3)nn(C)c2N1. The van der Waals surface area contributed by atoms with Crippen LogP contribution in [0.2, 0.25) is 0 Å². The summed E-state index contributed by atoms with van der Waals surface area (Å²) in [6, 6.07) is 6.26. The predicted octanol–water partition coefficient (Wildman–Crippen LogP) is 3.90. The van der Waals surface area contributed by atoms with Crippen molar-refractivity contribution in [3.8, 4) is 0 Å². The number of aromatic nitrogens is 2. The zero-order valence-corrected chi connectivity index (χ0v) is 15.8. The summed E-state index contributed by atoms with van der Waals surface area (Å²) >= 11 is 0. The summed E-state index contributed by atoms with van der Waals surface area (Å²) in [6.45, 7) is 1.72. The van der Waals surface area contributed by atoms with E-state index >= 15 is 0 Å². The first-order valence-electron chi connectivity index (χ1n) is 9.40. The van der Waals surface area contributed by atoms with Crippen LogP contribution in [0.4, 0.5) is 11.5 Å². The van der Waals surface area contributed by atoms with Gasteiger partial charge in [-0.3, -0.25) is 14.8 Å². The summed E-state index contributed by atoms with van der Waals surface area (Å²) in [6.07, 6.45) is 4.31. The number of nitrogens with one attached hydrogen (secondary N) is 1. The smallest absolute Gasteiger partial charge is 0.334 e. The van der Waals surface area contributed by atoms with Crippen molar-refractivity contribution in [2.24, 2.45) is 7.05 Å². The molecule has 1 aromatic heterocycles. The van der Waals surface area contributed by atoms with Crippen molar-refractivity contribution >= 4 is 17.5 Å². The normalized spacial score (nSPS) is 19.4. The molecule has 0 spiro atoms. The number of nitro groups is 1. The van der Waals surface area contributed by atoms with E-state index in [1.54, 1.807) is 23.7 Å². The molecule has 1 aliphatic heterocycles. The van der Waals surface area contributed by atoms with Crippen LogP contribution in [0.25, 0.3) is 0 Å². The van der Waals surface area contributed by atoms with Crippen molar-refractivity contribution < 1.29 is 14.8 Å². The second kappa shape index (κ2) is 6.78. The minimum Gasteiger partial charge on any atom is -0.478 e. The molecule has 1 unspecified atom stereocenters. The maximum atomic E-state index is 12.2. The average molecular weight is 382 g/mol. The molecule has 0 saturated heterocycles. The van der Waals surface area contributed by atoms with Gasteiger partial charge < -0.3 is 10.4 Å². The Bertz CT molecular complexity index is 1000. The van der Waals surface area contributed by atoms with Crippen LogP contribution >= 0.6 is 0 Å². The Kier molecular flexibility index (Phi) is 4.41. The maximum Gasteiger partial charge on any atom is 0.334 e. The second-order valence-electron chi connectivity index (χ2n) is 7.51. The summed E-state index contributed by atoms with van der Waals surface area (Å²) in [4.78, 5) is 23.0. The number of carboxylic acid groups (broad SMARTS) is 1. The van der Waals surface area contributed by atoms with Crippen molar-refractivity contribution in [1.82, 2.24) is 9.78 Å². The lowest BCUT2D eigenvalue weighted by molar-refractivity contribution is -0.384. The van der Waals surface area contributed by atoms with Crippen LogP contribution in [0.15, 0.2) is 35.5 Å². The fraction of sp³-hybridized carbons (Fsp3) is 0.400. The topological polar surface area (TPSA) is 110 Å². The van der Waals surface area contributed by atoms with Gasteiger partial charge in [-0.05, 0) is 25.3 Å². The number of carboxylic acids is 1. The highest BCUT2D eigenvalue weighted by atomic mass is 16.6. The summed E-state index contributed by atoms with van der Waals surface area (Å²) in [7, 11) is 1.84. The third kappa shape index (κ3) is 2.85. The number of allylic oxidation sites excluding steroid dienone is 1. The van der Waals surface area contributed by atoms with E-state index in [2.05, 4.69) is 5.32 Å². The van der Waals surface area contributed by atoms with Crippen LogP contribution in [-0.4, -0.2) is 25.8 Å². The lowest BCUT2D eigenvalue weighted by Gasteiger charge is -2.28. The van der Waals surface area contributed by atoms with Gasteiger partial charge in [-0.2, -0.15) is 5.10 Å². The van der Waals surface area contributed by atoms with Crippen LogP contribution in [0.3, 0.4) is 0 Å². The molecule has 0 bridgehead atoms. The fourth-order valence-electron chi connectivity index (χ4n) is 4.54. The Balaban J connectivity index is 1.96. The van der Waals surface area contributed by atoms with E-state index in [0.29, 0.717) is 11.3 Å². The summed E-state index contributed by atoms with van der Waals surface area (Å²) in [5.74, 6) is -0.585. The van der Waals surface area contributed by atoms with Crippen molar-refractivity contribution in [2.45, 2.75) is 44.4 Å². The first-order chi connectivity index (χ1) is 13.4. The zero-order valence-electron chi connectivity index (χ0n) is 15.8. The van der Waals surface area contributed by atoms with Gasteiger partial charge in [0.25, 0.3) is 5.69 Å². The number of benzene rings is 1. The highest BCUT2D eigenvalue weighted by Crippen LogP contribution is 2.48. The number of hydrogen-bond donors (Lipinski definition) is 2. The Labute approximate surface area is 162 Å². The van der Waals surface area contributed by atoms with Crippen molar-refractivity contribution in [2.75, 3.05) is 5.32 Å². The highest BCUT2D eigenvalue weighted by Gasteiger charge is 2.39. The van der Waals surface area contributed by atoms with E-state index in [1.807, 2.05) is 7.05 Å². The molecule has 1 saturated carbocycles. The van der Waals surface area contributed by atoms with Crippen LogP contribution in [0.1, 0.15) is 61.3 Å². The predicted molar refractivity (Wildman–Crippen MR) is 103 cm³/mol. The molecule has 28 heavy (non-hydrogen) atoms. The molecular formula is C20H22N4O4. The average Bonchev–Trinajstić information content (AvgIpc) is 3.29. The molecule has 8 heteroatoms. The number of aryl methyl sites for hydroxylation is 1. The van der Waals surface area contributed by atoms with E-state index in [1.165, 1.54) is 12.1 Å². The summed E-state index contributed by atoms with van der Waals surface area (Å²) < 4.78 is 1.76. The lowest BCUT2D eigenvalue weighted by Crippen LogP contribution is -2.24. The molecule has 2 aliphatic rings. The van der Waals surface area contributed by atoms with Gasteiger partial charge in [-0.25, -0.2) is 4.79 Å². The minimum atomic E-state index is -1.03. The molecule has 1 atom stereocenters. The van der Waals surface area contributed by atoms with Gasteiger partial charge in [0.2, 0.25) is 0 Å². The molecule has 0 amide bonds. The molecule has 4 rings (SSSR count).